The molecule has 1 heterocycles. The maximum Gasteiger partial charge on any atom is 0.278 e. The van der Waals surface area contributed by atoms with Gasteiger partial charge in [0.15, 0.2) is 6.54 Å². The smallest absolute Gasteiger partial charge is 0.278 e. The largest absolute Gasteiger partial charge is 0.497 e. The molecular weight excluding hydrogens is 368 g/mol. The molecule has 0 atom stereocenters. The van der Waals surface area contributed by atoms with Gasteiger partial charge in [0.1, 0.15) is 11.3 Å². The number of ether oxygens (including phenoxy) is 1. The average Bonchev–Trinajstić information content (AvgIpc) is 2.67. The van der Waals surface area contributed by atoms with Crippen LogP contribution in [0.5, 0.6) is 5.75 Å². The van der Waals surface area contributed by atoms with E-state index in [1.54, 1.807) is 33.0 Å². The minimum Gasteiger partial charge on any atom is -0.497 e. The SMILES string of the molecule is COc1ccc(S(=O)(=O)N2CC[NH+](CC(=O)N(C)C(C)(C)C#N)CC2)cc1. The van der Waals surface area contributed by atoms with Gasteiger partial charge in [-0.05, 0) is 38.1 Å². The highest BCUT2D eigenvalue weighted by Gasteiger charge is 2.34. The van der Waals surface area contributed by atoms with Crippen molar-refractivity contribution in [1.29, 1.82) is 5.26 Å². The van der Waals surface area contributed by atoms with E-state index in [2.05, 4.69) is 6.07 Å². The molecule has 0 saturated carbocycles. The van der Waals surface area contributed by atoms with Gasteiger partial charge in [-0.2, -0.15) is 9.57 Å². The summed E-state index contributed by atoms with van der Waals surface area (Å²) in [6.07, 6.45) is 0. The van der Waals surface area contributed by atoms with Crippen molar-refractivity contribution in [1.82, 2.24) is 9.21 Å². The number of likely N-dealkylation sites (N-methyl/N-ethyl adjacent to an activating group) is 1. The van der Waals surface area contributed by atoms with E-state index < -0.39 is 15.6 Å². The number of nitrogens with zero attached hydrogens (tertiary/aromatic N) is 3. The third-order valence-electron chi connectivity index (χ3n) is 5.01. The van der Waals surface area contributed by atoms with Crippen LogP contribution >= 0.6 is 0 Å². The molecule has 0 aliphatic carbocycles. The standard InChI is InChI=1S/C18H26N4O4S/c1-18(2,14-19)20(3)17(23)13-21-9-11-22(12-10-21)27(24,25)16-7-5-15(26-4)6-8-16/h5-8H,9-13H2,1-4H3/p+1. The molecule has 8 nitrogen and oxygen atoms in total. The molecule has 1 aliphatic rings. The van der Waals surface area contributed by atoms with Crippen LogP contribution < -0.4 is 9.64 Å². The summed E-state index contributed by atoms with van der Waals surface area (Å²) in [7, 11) is -0.406. The molecule has 1 N–H and O–H groups in total. The molecule has 0 radical (unpaired) electrons. The summed E-state index contributed by atoms with van der Waals surface area (Å²) in [6, 6.07) is 8.44. The molecule has 9 heteroatoms. The Labute approximate surface area is 161 Å². The second kappa shape index (κ2) is 8.25. The van der Waals surface area contributed by atoms with E-state index in [0.29, 0.717) is 31.9 Å². The van der Waals surface area contributed by atoms with E-state index in [9.17, 15) is 13.2 Å². The number of amides is 1. The molecule has 1 aromatic carbocycles. The summed E-state index contributed by atoms with van der Waals surface area (Å²) in [4.78, 5) is 15.1. The quantitative estimate of drug-likeness (QED) is 0.690. The molecular formula is C18H27N4O4S+. The molecule has 0 bridgehead atoms. The first-order chi connectivity index (χ1) is 12.6. The zero-order valence-electron chi connectivity index (χ0n) is 16.2. The van der Waals surface area contributed by atoms with Crippen molar-refractivity contribution >= 4 is 15.9 Å². The zero-order valence-corrected chi connectivity index (χ0v) is 17.0. The van der Waals surface area contributed by atoms with Crippen molar-refractivity contribution in [3.8, 4) is 11.8 Å². The number of sulfonamides is 1. The van der Waals surface area contributed by atoms with Gasteiger partial charge in [-0.3, -0.25) is 4.79 Å². The third-order valence-corrected chi connectivity index (χ3v) is 6.93. The Morgan fingerprint density at radius 2 is 1.85 bits per heavy atom. The predicted octanol–water partition coefficient (Wildman–Crippen LogP) is -0.655. The topological polar surface area (TPSA) is 95.2 Å². The van der Waals surface area contributed by atoms with E-state index in [-0.39, 0.29) is 17.3 Å². The van der Waals surface area contributed by atoms with E-state index in [1.807, 2.05) is 0 Å². The zero-order chi connectivity index (χ0) is 20.2. The monoisotopic (exact) mass is 395 g/mol. The highest BCUT2D eigenvalue weighted by molar-refractivity contribution is 7.89. The third kappa shape index (κ3) is 4.77. The van der Waals surface area contributed by atoms with Crippen molar-refractivity contribution in [2.45, 2.75) is 24.3 Å². The molecule has 0 aromatic heterocycles. The number of hydrogen-bond donors (Lipinski definition) is 1. The van der Waals surface area contributed by atoms with Crippen molar-refractivity contribution in [3.63, 3.8) is 0 Å². The number of rotatable bonds is 6. The minimum atomic E-state index is -3.56. The van der Waals surface area contributed by atoms with Crippen LogP contribution in [0.25, 0.3) is 0 Å². The Hall–Kier alpha value is -2.15. The summed E-state index contributed by atoms with van der Waals surface area (Å²) in [5.41, 5.74) is -0.865. The van der Waals surface area contributed by atoms with Crippen LogP contribution in [0, 0.1) is 11.3 Å². The van der Waals surface area contributed by atoms with Crippen molar-refractivity contribution in [2.24, 2.45) is 0 Å². The van der Waals surface area contributed by atoms with Crippen molar-refractivity contribution in [3.05, 3.63) is 24.3 Å². The molecule has 1 aromatic rings. The Morgan fingerprint density at radius 1 is 1.30 bits per heavy atom. The van der Waals surface area contributed by atoms with Crippen LogP contribution in [-0.4, -0.2) is 76.0 Å². The summed E-state index contributed by atoms with van der Waals surface area (Å²) in [6.45, 7) is 5.42. The number of carbonyl (C=O) groups excluding carboxylic acids is 1. The van der Waals surface area contributed by atoms with Crippen molar-refractivity contribution in [2.75, 3.05) is 46.9 Å². The fraction of sp³-hybridized carbons (Fsp3) is 0.556. The molecule has 1 amide bonds. The Bertz CT molecular complexity index is 807. The van der Waals surface area contributed by atoms with Crippen LogP contribution in [0.15, 0.2) is 29.2 Å². The van der Waals surface area contributed by atoms with E-state index in [4.69, 9.17) is 10.00 Å². The summed E-state index contributed by atoms with van der Waals surface area (Å²) in [5, 5.41) is 9.15. The average molecular weight is 396 g/mol. The number of nitriles is 1. The highest BCUT2D eigenvalue weighted by Crippen LogP contribution is 2.19. The molecule has 1 aliphatic heterocycles. The van der Waals surface area contributed by atoms with Gasteiger partial charge in [0.25, 0.3) is 5.91 Å². The summed E-state index contributed by atoms with van der Waals surface area (Å²) < 4.78 is 32.0. The number of piperazine rings is 1. The van der Waals surface area contributed by atoms with Crippen LogP contribution in [-0.2, 0) is 14.8 Å². The van der Waals surface area contributed by atoms with E-state index >= 15 is 0 Å². The first-order valence-electron chi connectivity index (χ1n) is 8.77. The Balaban J connectivity index is 1.96. The molecule has 0 unspecified atom stereocenters. The van der Waals surface area contributed by atoms with Crippen molar-refractivity contribution < 1.29 is 22.8 Å². The Kier molecular flexibility index (Phi) is 6.46. The van der Waals surface area contributed by atoms with Gasteiger partial charge in [0.2, 0.25) is 10.0 Å². The van der Waals surface area contributed by atoms with Gasteiger partial charge >= 0.3 is 0 Å². The second-order valence-corrected chi connectivity index (χ2v) is 9.07. The van der Waals surface area contributed by atoms with Gasteiger partial charge in [-0.15, -0.1) is 0 Å². The lowest BCUT2D eigenvalue weighted by atomic mass is 10.1. The first kappa shape index (κ1) is 21.2. The number of benzene rings is 1. The van der Waals surface area contributed by atoms with Gasteiger partial charge in [-0.25, -0.2) is 8.42 Å². The summed E-state index contributed by atoms with van der Waals surface area (Å²) in [5.74, 6) is 0.481. The number of hydrogen-bond acceptors (Lipinski definition) is 5. The maximum absolute atomic E-state index is 12.8. The molecule has 2 rings (SSSR count). The molecule has 148 valence electrons. The lowest BCUT2D eigenvalue weighted by Gasteiger charge is -2.34. The van der Waals surface area contributed by atoms with E-state index in [1.165, 1.54) is 28.4 Å². The van der Waals surface area contributed by atoms with Gasteiger partial charge in [0.05, 0.1) is 44.3 Å². The fourth-order valence-electron chi connectivity index (χ4n) is 2.84. The number of carbonyl (C=O) groups is 1. The lowest BCUT2D eigenvalue weighted by Crippen LogP contribution is -3.15. The van der Waals surface area contributed by atoms with E-state index in [0.717, 1.165) is 4.90 Å². The molecule has 1 saturated heterocycles. The van der Waals surface area contributed by atoms with Gasteiger partial charge in [0, 0.05) is 7.05 Å². The predicted molar refractivity (Wildman–Crippen MR) is 99.8 cm³/mol. The van der Waals surface area contributed by atoms with Gasteiger partial charge in [-0.1, -0.05) is 0 Å². The first-order valence-corrected chi connectivity index (χ1v) is 10.2. The van der Waals surface area contributed by atoms with Crippen LogP contribution in [0.1, 0.15) is 13.8 Å². The Morgan fingerprint density at radius 3 is 2.33 bits per heavy atom. The highest BCUT2D eigenvalue weighted by atomic mass is 32.2. The molecule has 27 heavy (non-hydrogen) atoms. The number of methoxy groups -OCH3 is 1. The minimum absolute atomic E-state index is 0.122. The molecule has 1 fully saturated rings. The van der Waals surface area contributed by atoms with Crippen LogP contribution in [0.3, 0.4) is 0 Å². The number of nitrogens with one attached hydrogen (secondary N) is 1. The summed E-state index contributed by atoms with van der Waals surface area (Å²) >= 11 is 0. The second-order valence-electron chi connectivity index (χ2n) is 7.13. The fourth-order valence-corrected chi connectivity index (χ4v) is 4.28. The van der Waals surface area contributed by atoms with Crippen LogP contribution in [0.4, 0.5) is 0 Å². The normalized spacial score (nSPS) is 16.6. The van der Waals surface area contributed by atoms with Crippen LogP contribution in [0.2, 0.25) is 0 Å². The van der Waals surface area contributed by atoms with Gasteiger partial charge < -0.3 is 14.5 Å². The molecule has 0 spiro atoms. The maximum atomic E-state index is 12.8. The lowest BCUT2D eigenvalue weighted by molar-refractivity contribution is -0.896. The number of quaternary nitrogens is 1.